The second kappa shape index (κ2) is 5.68. The van der Waals surface area contributed by atoms with Gasteiger partial charge in [-0.2, -0.15) is 0 Å². The number of nitrogens with one attached hydrogen (secondary N) is 1. The highest BCUT2D eigenvalue weighted by atomic mass is 32.1. The van der Waals surface area contributed by atoms with Gasteiger partial charge in [-0.15, -0.1) is 17.9 Å². The summed E-state index contributed by atoms with van der Waals surface area (Å²) in [6, 6.07) is 8.32. The maximum atomic E-state index is 5.41. The first kappa shape index (κ1) is 11.2. The van der Waals surface area contributed by atoms with Gasteiger partial charge in [0.1, 0.15) is 5.76 Å². The van der Waals surface area contributed by atoms with Crippen LogP contribution in [-0.4, -0.2) is 0 Å². The average Bonchev–Trinajstić information content (AvgIpc) is 2.96. The van der Waals surface area contributed by atoms with Gasteiger partial charge in [0.15, 0.2) is 0 Å². The zero-order chi connectivity index (χ0) is 11.2. The van der Waals surface area contributed by atoms with Crippen LogP contribution in [-0.2, 0) is 6.54 Å². The number of furan rings is 1. The third kappa shape index (κ3) is 2.84. The van der Waals surface area contributed by atoms with E-state index in [0.717, 1.165) is 18.7 Å². The maximum absolute atomic E-state index is 5.41. The lowest BCUT2D eigenvalue weighted by molar-refractivity contribution is 0.414. The van der Waals surface area contributed by atoms with Crippen molar-refractivity contribution >= 4 is 11.3 Å². The summed E-state index contributed by atoms with van der Waals surface area (Å²) in [5.74, 6) is 0.969. The molecule has 0 radical (unpaired) electrons. The molecular weight excluding hydrogens is 218 g/mol. The smallest absolute Gasteiger partial charge is 0.120 e. The molecule has 84 valence electrons. The van der Waals surface area contributed by atoms with Crippen LogP contribution in [0.15, 0.2) is 53.0 Å². The summed E-state index contributed by atoms with van der Waals surface area (Å²) in [7, 11) is 0. The van der Waals surface area contributed by atoms with Crippen LogP contribution in [0.2, 0.25) is 0 Å². The van der Waals surface area contributed by atoms with Gasteiger partial charge in [0, 0.05) is 11.4 Å². The first-order valence-corrected chi connectivity index (χ1v) is 6.18. The Balaban J connectivity index is 1.95. The minimum atomic E-state index is 0.217. The highest BCUT2D eigenvalue weighted by Crippen LogP contribution is 2.19. The predicted molar refractivity (Wildman–Crippen MR) is 67.4 cm³/mol. The van der Waals surface area contributed by atoms with Crippen molar-refractivity contribution in [3.63, 3.8) is 0 Å². The first-order valence-electron chi connectivity index (χ1n) is 5.30. The molecule has 0 saturated heterocycles. The van der Waals surface area contributed by atoms with Crippen molar-refractivity contribution in [3.8, 4) is 0 Å². The fraction of sp³-hybridized carbons (Fsp3) is 0.231. The van der Waals surface area contributed by atoms with E-state index in [-0.39, 0.29) is 6.04 Å². The van der Waals surface area contributed by atoms with E-state index >= 15 is 0 Å². The molecule has 0 unspecified atom stereocenters. The molecule has 2 nitrogen and oxygen atoms in total. The standard InChI is InChI=1S/C13H15NOS/c1-2-5-12(13-7-3-8-15-13)14-10-11-6-4-9-16-11/h2-4,6-9,12,14H,1,5,10H2/t12-/m1/s1. The number of thiophene rings is 1. The molecule has 0 aliphatic rings. The largest absolute Gasteiger partial charge is 0.468 e. The number of rotatable bonds is 6. The molecule has 0 amide bonds. The molecule has 2 heterocycles. The summed E-state index contributed by atoms with van der Waals surface area (Å²) in [6.45, 7) is 4.65. The zero-order valence-corrected chi connectivity index (χ0v) is 9.87. The molecule has 0 aliphatic carbocycles. The molecule has 0 aliphatic heterocycles. The number of hydrogen-bond acceptors (Lipinski definition) is 3. The third-order valence-electron chi connectivity index (χ3n) is 2.39. The Labute approximate surface area is 99.6 Å². The van der Waals surface area contributed by atoms with E-state index in [2.05, 4.69) is 29.4 Å². The second-order valence-electron chi connectivity index (χ2n) is 3.55. The monoisotopic (exact) mass is 233 g/mol. The highest BCUT2D eigenvalue weighted by Gasteiger charge is 2.11. The van der Waals surface area contributed by atoms with E-state index in [0.29, 0.717) is 0 Å². The number of hydrogen-bond donors (Lipinski definition) is 1. The maximum Gasteiger partial charge on any atom is 0.120 e. The van der Waals surface area contributed by atoms with Crippen LogP contribution in [0.1, 0.15) is 23.1 Å². The molecule has 2 aromatic heterocycles. The Hall–Kier alpha value is -1.32. The van der Waals surface area contributed by atoms with Crippen LogP contribution >= 0.6 is 11.3 Å². The lowest BCUT2D eigenvalue weighted by atomic mass is 10.1. The Morgan fingerprint density at radius 2 is 2.38 bits per heavy atom. The molecule has 0 saturated carbocycles. The Bertz CT molecular complexity index is 405. The average molecular weight is 233 g/mol. The molecule has 0 bridgehead atoms. The van der Waals surface area contributed by atoms with Gasteiger partial charge in [0.2, 0.25) is 0 Å². The van der Waals surface area contributed by atoms with Crippen LogP contribution in [0.5, 0.6) is 0 Å². The molecule has 16 heavy (non-hydrogen) atoms. The molecule has 2 aromatic rings. The van der Waals surface area contributed by atoms with Crippen LogP contribution in [0.25, 0.3) is 0 Å². The van der Waals surface area contributed by atoms with E-state index in [1.807, 2.05) is 18.2 Å². The molecule has 0 spiro atoms. The van der Waals surface area contributed by atoms with Crippen molar-refractivity contribution in [2.24, 2.45) is 0 Å². The normalized spacial score (nSPS) is 12.5. The van der Waals surface area contributed by atoms with E-state index in [9.17, 15) is 0 Å². The Morgan fingerprint density at radius 3 is 3.00 bits per heavy atom. The fourth-order valence-electron chi connectivity index (χ4n) is 1.59. The van der Waals surface area contributed by atoms with Gasteiger partial charge in [-0.05, 0) is 30.0 Å². The van der Waals surface area contributed by atoms with Gasteiger partial charge in [0.25, 0.3) is 0 Å². The van der Waals surface area contributed by atoms with Gasteiger partial charge in [0.05, 0.1) is 12.3 Å². The molecular formula is C13H15NOS. The fourth-order valence-corrected chi connectivity index (χ4v) is 2.25. The van der Waals surface area contributed by atoms with Crippen molar-refractivity contribution in [1.29, 1.82) is 0 Å². The van der Waals surface area contributed by atoms with Crippen LogP contribution in [0.4, 0.5) is 0 Å². The van der Waals surface area contributed by atoms with Crippen molar-refractivity contribution in [1.82, 2.24) is 5.32 Å². The van der Waals surface area contributed by atoms with E-state index < -0.39 is 0 Å². The topological polar surface area (TPSA) is 25.2 Å². The third-order valence-corrected chi connectivity index (χ3v) is 3.27. The van der Waals surface area contributed by atoms with Gasteiger partial charge in [-0.1, -0.05) is 12.1 Å². The van der Waals surface area contributed by atoms with E-state index in [1.54, 1.807) is 17.6 Å². The predicted octanol–water partition coefficient (Wildman–Crippen LogP) is 3.75. The van der Waals surface area contributed by atoms with E-state index in [1.165, 1.54) is 4.88 Å². The van der Waals surface area contributed by atoms with Gasteiger partial charge in [-0.25, -0.2) is 0 Å². The minimum absolute atomic E-state index is 0.217. The summed E-state index contributed by atoms with van der Waals surface area (Å²) in [5, 5.41) is 5.56. The quantitative estimate of drug-likeness (QED) is 0.769. The molecule has 0 aromatic carbocycles. The Kier molecular flexibility index (Phi) is 3.97. The van der Waals surface area contributed by atoms with E-state index in [4.69, 9.17) is 4.42 Å². The van der Waals surface area contributed by atoms with Crippen molar-refractivity contribution < 1.29 is 4.42 Å². The first-order chi connectivity index (χ1) is 7.90. The summed E-state index contributed by atoms with van der Waals surface area (Å²) < 4.78 is 5.41. The second-order valence-corrected chi connectivity index (χ2v) is 4.58. The molecule has 0 fully saturated rings. The highest BCUT2D eigenvalue weighted by molar-refractivity contribution is 7.09. The van der Waals surface area contributed by atoms with Gasteiger partial charge in [-0.3, -0.25) is 0 Å². The SMILES string of the molecule is C=CC[C@@H](NCc1cccs1)c1ccco1. The van der Waals surface area contributed by atoms with Crippen molar-refractivity contribution in [2.75, 3.05) is 0 Å². The summed E-state index contributed by atoms with van der Waals surface area (Å²) in [5.41, 5.74) is 0. The van der Waals surface area contributed by atoms with Gasteiger partial charge < -0.3 is 9.73 Å². The summed E-state index contributed by atoms with van der Waals surface area (Å²) in [6.07, 6.45) is 4.49. The zero-order valence-electron chi connectivity index (χ0n) is 9.06. The summed E-state index contributed by atoms with van der Waals surface area (Å²) >= 11 is 1.76. The van der Waals surface area contributed by atoms with Crippen LogP contribution in [0, 0.1) is 0 Å². The van der Waals surface area contributed by atoms with Gasteiger partial charge >= 0.3 is 0 Å². The van der Waals surface area contributed by atoms with Crippen molar-refractivity contribution in [2.45, 2.75) is 19.0 Å². The lowest BCUT2D eigenvalue weighted by Crippen LogP contribution is -2.19. The molecule has 1 atom stereocenters. The molecule has 3 heteroatoms. The van der Waals surface area contributed by atoms with Crippen LogP contribution < -0.4 is 5.32 Å². The summed E-state index contributed by atoms with van der Waals surface area (Å²) in [4.78, 5) is 1.33. The van der Waals surface area contributed by atoms with Crippen LogP contribution in [0.3, 0.4) is 0 Å². The lowest BCUT2D eigenvalue weighted by Gasteiger charge is -2.13. The van der Waals surface area contributed by atoms with Crippen molar-refractivity contribution in [3.05, 3.63) is 59.2 Å². The Morgan fingerprint density at radius 1 is 1.44 bits per heavy atom. The molecule has 2 rings (SSSR count). The molecule has 1 N–H and O–H groups in total. The minimum Gasteiger partial charge on any atom is -0.468 e.